The number of nitrogens with two attached hydrogens (primary N) is 1. The van der Waals surface area contributed by atoms with Crippen molar-refractivity contribution in [3.63, 3.8) is 0 Å². The van der Waals surface area contributed by atoms with Gasteiger partial charge in [-0.2, -0.15) is 0 Å². The topological polar surface area (TPSA) is 134 Å². The SMILES string of the molecule is CC/C=C\C/C=C\C/C=C\C/C=C\C/C=C\CCCCCCCCCCCCCCCC(=O)OC(COC(=O)CCCCCCCCCCCCCCCCCCCCCCCCCCC/C=C\C/C=C\CCCCCCC)COP(=O)(O)OCCN. The number of hydrogen-bond donors (Lipinski definition) is 2. The van der Waals surface area contributed by atoms with E-state index in [4.69, 9.17) is 24.3 Å². The maximum atomic E-state index is 12.8. The van der Waals surface area contributed by atoms with Crippen molar-refractivity contribution in [2.75, 3.05) is 26.4 Å². The zero-order valence-electron chi connectivity index (χ0n) is 57.0. The molecule has 0 heterocycles. The zero-order chi connectivity index (χ0) is 63.0. The molecule has 0 rings (SSSR count). The Morgan fingerprint density at radius 3 is 0.943 bits per heavy atom. The molecule has 0 amide bonds. The molecular weight excluding hydrogens is 1100 g/mol. The Hall–Kier alpha value is -2.81. The number of esters is 2. The van der Waals surface area contributed by atoms with Crippen LogP contribution in [0.2, 0.25) is 0 Å². The van der Waals surface area contributed by atoms with Gasteiger partial charge in [-0.15, -0.1) is 0 Å². The number of phosphoric ester groups is 1. The number of carbonyl (C=O) groups excluding carboxylic acids is 2. The van der Waals surface area contributed by atoms with Gasteiger partial charge in [-0.1, -0.05) is 343 Å². The van der Waals surface area contributed by atoms with E-state index in [1.165, 1.54) is 250 Å². The molecule has 3 N–H and O–H groups in total. The zero-order valence-corrected chi connectivity index (χ0v) is 57.9. The van der Waals surface area contributed by atoms with E-state index < -0.39 is 26.5 Å². The lowest BCUT2D eigenvalue weighted by molar-refractivity contribution is -0.161. The van der Waals surface area contributed by atoms with E-state index in [-0.39, 0.29) is 38.6 Å². The van der Waals surface area contributed by atoms with Crippen LogP contribution in [0.3, 0.4) is 0 Å². The average molecular weight is 1240 g/mol. The van der Waals surface area contributed by atoms with Crippen LogP contribution < -0.4 is 5.73 Å². The quantitative estimate of drug-likeness (QED) is 0.0264. The summed E-state index contributed by atoms with van der Waals surface area (Å²) in [6, 6.07) is 0. The molecule has 10 heteroatoms. The van der Waals surface area contributed by atoms with E-state index in [9.17, 15) is 19.0 Å². The van der Waals surface area contributed by atoms with Crippen LogP contribution in [0.5, 0.6) is 0 Å². The molecule has 0 saturated carbocycles. The van der Waals surface area contributed by atoms with Crippen molar-refractivity contribution in [3.8, 4) is 0 Å². The van der Waals surface area contributed by atoms with Crippen LogP contribution in [0, 0.1) is 0 Å². The predicted molar refractivity (Wildman–Crippen MR) is 376 cm³/mol. The third-order valence-electron chi connectivity index (χ3n) is 16.3. The second-order valence-corrected chi connectivity index (χ2v) is 26.2. The van der Waals surface area contributed by atoms with Crippen molar-refractivity contribution in [1.29, 1.82) is 0 Å². The molecule has 87 heavy (non-hydrogen) atoms. The first-order chi connectivity index (χ1) is 42.8. The highest BCUT2D eigenvalue weighted by atomic mass is 31.2. The fourth-order valence-corrected chi connectivity index (χ4v) is 11.6. The number of unbranched alkanes of at least 4 members (excludes halogenated alkanes) is 43. The summed E-state index contributed by atoms with van der Waals surface area (Å²) < 4.78 is 33.2. The predicted octanol–water partition coefficient (Wildman–Crippen LogP) is 24.5. The third-order valence-corrected chi connectivity index (χ3v) is 17.2. The van der Waals surface area contributed by atoms with Gasteiger partial charge < -0.3 is 20.1 Å². The monoisotopic (exact) mass is 1240 g/mol. The van der Waals surface area contributed by atoms with E-state index in [0.29, 0.717) is 6.42 Å². The van der Waals surface area contributed by atoms with Gasteiger partial charge in [0.2, 0.25) is 0 Å². The van der Waals surface area contributed by atoms with Gasteiger partial charge in [0.25, 0.3) is 0 Å². The van der Waals surface area contributed by atoms with Crippen LogP contribution in [0.25, 0.3) is 0 Å². The van der Waals surface area contributed by atoms with Crippen LogP contribution in [0.4, 0.5) is 0 Å². The van der Waals surface area contributed by atoms with Crippen LogP contribution in [0.15, 0.2) is 85.1 Å². The van der Waals surface area contributed by atoms with Gasteiger partial charge >= 0.3 is 19.8 Å². The Morgan fingerprint density at radius 1 is 0.356 bits per heavy atom. The molecule has 9 nitrogen and oxygen atoms in total. The molecule has 2 unspecified atom stereocenters. The van der Waals surface area contributed by atoms with Gasteiger partial charge in [-0.3, -0.25) is 18.6 Å². The van der Waals surface area contributed by atoms with E-state index in [2.05, 4.69) is 98.9 Å². The summed E-state index contributed by atoms with van der Waals surface area (Å²) in [6.07, 6.45) is 97.0. The van der Waals surface area contributed by atoms with Crippen molar-refractivity contribution in [1.82, 2.24) is 0 Å². The van der Waals surface area contributed by atoms with Crippen LogP contribution in [0.1, 0.15) is 361 Å². The normalized spacial score (nSPS) is 13.4. The van der Waals surface area contributed by atoms with E-state index in [1.807, 2.05) is 0 Å². The number of hydrogen-bond acceptors (Lipinski definition) is 8. The smallest absolute Gasteiger partial charge is 0.462 e. The highest BCUT2D eigenvalue weighted by Gasteiger charge is 2.26. The van der Waals surface area contributed by atoms with Crippen LogP contribution in [-0.2, 0) is 32.7 Å². The van der Waals surface area contributed by atoms with E-state index >= 15 is 0 Å². The van der Waals surface area contributed by atoms with Crippen LogP contribution >= 0.6 is 7.82 Å². The van der Waals surface area contributed by atoms with Gasteiger partial charge in [0.15, 0.2) is 6.10 Å². The highest BCUT2D eigenvalue weighted by molar-refractivity contribution is 7.47. The molecule has 0 aromatic carbocycles. The first kappa shape index (κ1) is 84.2. The van der Waals surface area contributed by atoms with Gasteiger partial charge in [0.05, 0.1) is 13.2 Å². The Kier molecular flexibility index (Phi) is 69.9. The lowest BCUT2D eigenvalue weighted by Gasteiger charge is -2.19. The average Bonchev–Trinajstić information content (AvgIpc) is 3.63. The van der Waals surface area contributed by atoms with Crippen molar-refractivity contribution < 1.29 is 37.6 Å². The minimum atomic E-state index is -4.40. The number of phosphoric acid groups is 1. The van der Waals surface area contributed by atoms with Gasteiger partial charge in [-0.25, -0.2) is 4.57 Å². The molecule has 0 bridgehead atoms. The lowest BCUT2D eigenvalue weighted by Crippen LogP contribution is -2.29. The van der Waals surface area contributed by atoms with Crippen molar-refractivity contribution in [2.45, 2.75) is 367 Å². The first-order valence-electron chi connectivity index (χ1n) is 37.1. The molecule has 0 aliphatic rings. The molecular formula is C77H140NO8P. The van der Waals surface area contributed by atoms with Crippen molar-refractivity contribution in [2.24, 2.45) is 5.73 Å². The van der Waals surface area contributed by atoms with E-state index in [1.54, 1.807) is 0 Å². The molecule has 0 aromatic heterocycles. The molecule has 0 fully saturated rings. The maximum Gasteiger partial charge on any atom is 0.472 e. The Morgan fingerprint density at radius 2 is 0.632 bits per heavy atom. The summed E-state index contributed by atoms with van der Waals surface area (Å²) in [7, 11) is -4.40. The summed E-state index contributed by atoms with van der Waals surface area (Å²) in [5.41, 5.74) is 5.41. The van der Waals surface area contributed by atoms with Crippen molar-refractivity contribution in [3.05, 3.63) is 85.1 Å². The fraction of sp³-hybridized carbons (Fsp3) is 0.792. The fourth-order valence-electron chi connectivity index (χ4n) is 10.8. The summed E-state index contributed by atoms with van der Waals surface area (Å²) >= 11 is 0. The second-order valence-electron chi connectivity index (χ2n) is 24.8. The minimum absolute atomic E-state index is 0.0524. The second kappa shape index (κ2) is 72.3. The van der Waals surface area contributed by atoms with Gasteiger partial charge in [0.1, 0.15) is 6.61 Å². The summed E-state index contributed by atoms with van der Waals surface area (Å²) in [5, 5.41) is 0. The lowest BCUT2D eigenvalue weighted by atomic mass is 10.0. The number of carbonyl (C=O) groups is 2. The number of allylic oxidation sites excluding steroid dienone is 14. The van der Waals surface area contributed by atoms with E-state index in [0.717, 1.165) is 77.0 Å². The third kappa shape index (κ3) is 72.1. The molecule has 0 aliphatic carbocycles. The molecule has 506 valence electrons. The Bertz CT molecular complexity index is 1700. The van der Waals surface area contributed by atoms with Crippen molar-refractivity contribution >= 4 is 19.8 Å². The number of ether oxygens (including phenoxy) is 2. The summed E-state index contributed by atoms with van der Waals surface area (Å²) in [6.45, 7) is 3.67. The molecule has 0 aliphatic heterocycles. The summed E-state index contributed by atoms with van der Waals surface area (Å²) in [4.78, 5) is 35.4. The standard InChI is InChI=1S/C77H140NO8P/c1-3-5-7-9-11-13-15-17-19-21-23-25-27-29-31-33-34-35-36-37-38-39-40-42-43-45-47-49-51-53-55-57-59-61-63-65-67-69-76(79)83-73-75(74-85-87(81,82)84-72-71-78)86-77(80)70-68-66-64-62-60-58-56-54-52-50-48-46-44-41-32-30-28-26-24-22-20-18-16-14-12-10-8-6-4-2/h6,8,12,14-15,17-18,20-21,23-24,26,30,32,75H,3-5,7,9-11,13,16,19,22,25,27-29,31,33-74,78H2,1-2H3,(H,81,82)/b8-6-,14-12-,17-15-,20-18-,23-21-,26-24-,32-30-. The molecule has 2 atom stereocenters. The maximum absolute atomic E-state index is 12.8. The molecule has 0 saturated heterocycles. The van der Waals surface area contributed by atoms with Crippen LogP contribution in [-0.4, -0.2) is 49.3 Å². The Balaban J connectivity index is 3.81. The first-order valence-corrected chi connectivity index (χ1v) is 38.6. The van der Waals surface area contributed by atoms with Gasteiger partial charge in [-0.05, 0) is 89.9 Å². The van der Waals surface area contributed by atoms with Gasteiger partial charge in [0, 0.05) is 19.4 Å². The minimum Gasteiger partial charge on any atom is -0.462 e. The summed E-state index contributed by atoms with van der Waals surface area (Å²) in [5.74, 6) is -0.815. The Labute approximate surface area is 538 Å². The molecule has 0 aromatic rings. The molecule has 0 radical (unpaired) electrons. The largest absolute Gasteiger partial charge is 0.472 e. The highest BCUT2D eigenvalue weighted by Crippen LogP contribution is 2.43. The molecule has 0 spiro atoms. The number of rotatable bonds is 70.